The average molecular weight is 249 g/mol. The number of rotatable bonds is 2. The summed E-state index contributed by atoms with van der Waals surface area (Å²) in [5, 5.41) is 8.60. The predicted molar refractivity (Wildman–Crippen MR) is 60.9 cm³/mol. The Balaban J connectivity index is 3.28. The lowest BCUT2D eigenvalue weighted by molar-refractivity contribution is 0.0585. The largest absolute Gasteiger partial charge is 0.464 e. The molecule has 0 spiro atoms. The highest BCUT2D eigenvalue weighted by Gasteiger charge is 2.14. The van der Waals surface area contributed by atoms with E-state index in [0.29, 0.717) is 5.56 Å². The van der Waals surface area contributed by atoms with Crippen LogP contribution in [0.25, 0.3) is 0 Å². The summed E-state index contributed by atoms with van der Waals surface area (Å²) in [6.45, 7) is -0.330. The van der Waals surface area contributed by atoms with Gasteiger partial charge in [-0.25, -0.2) is 14.6 Å². The summed E-state index contributed by atoms with van der Waals surface area (Å²) < 4.78 is 9.03. The Bertz CT molecular complexity index is 493. The van der Waals surface area contributed by atoms with E-state index in [-0.39, 0.29) is 18.0 Å². The van der Waals surface area contributed by atoms with Crippen LogP contribution in [0.2, 0.25) is 0 Å². The van der Waals surface area contributed by atoms with Crippen molar-refractivity contribution in [2.75, 3.05) is 20.8 Å². The molecule has 1 aromatic rings. The van der Waals surface area contributed by atoms with Gasteiger partial charge in [-0.15, -0.1) is 0 Å². The number of ether oxygens (including phenoxy) is 2. The van der Waals surface area contributed by atoms with E-state index in [1.54, 1.807) is 0 Å². The molecule has 6 nitrogen and oxygen atoms in total. The zero-order chi connectivity index (χ0) is 13.5. The van der Waals surface area contributed by atoms with Crippen molar-refractivity contribution in [2.45, 2.75) is 0 Å². The first kappa shape index (κ1) is 13.7. The normalized spacial score (nSPS) is 9.06. The number of hydrogen-bond donors (Lipinski definition) is 1. The molecule has 0 amide bonds. The minimum Gasteiger partial charge on any atom is -0.464 e. The molecule has 0 aliphatic rings. The molecule has 94 valence electrons. The first-order chi connectivity index (χ1) is 8.62. The molecule has 1 rings (SSSR count). The van der Waals surface area contributed by atoms with E-state index in [9.17, 15) is 9.59 Å². The molecular formula is C12H11NO5. The lowest BCUT2D eigenvalue weighted by Gasteiger charge is -2.03. The second kappa shape index (κ2) is 6.37. The zero-order valence-electron chi connectivity index (χ0n) is 9.89. The smallest absolute Gasteiger partial charge is 0.356 e. The van der Waals surface area contributed by atoms with Crippen LogP contribution in [0.3, 0.4) is 0 Å². The van der Waals surface area contributed by atoms with Crippen LogP contribution in [-0.2, 0) is 9.47 Å². The fraction of sp³-hybridized carbons (Fsp3) is 0.250. The van der Waals surface area contributed by atoms with Crippen LogP contribution in [0.15, 0.2) is 12.1 Å². The maximum absolute atomic E-state index is 11.4. The molecular weight excluding hydrogens is 238 g/mol. The average Bonchev–Trinajstić information content (AvgIpc) is 2.42. The van der Waals surface area contributed by atoms with Crippen molar-refractivity contribution >= 4 is 11.9 Å². The van der Waals surface area contributed by atoms with Crippen molar-refractivity contribution in [2.24, 2.45) is 0 Å². The second-order valence-electron chi connectivity index (χ2n) is 3.07. The second-order valence-corrected chi connectivity index (χ2v) is 3.07. The number of methoxy groups -OCH3 is 2. The molecule has 0 atom stereocenters. The third-order valence-corrected chi connectivity index (χ3v) is 1.93. The van der Waals surface area contributed by atoms with Crippen molar-refractivity contribution in [3.63, 3.8) is 0 Å². The number of pyridine rings is 1. The van der Waals surface area contributed by atoms with Gasteiger partial charge in [-0.2, -0.15) is 0 Å². The van der Waals surface area contributed by atoms with Gasteiger partial charge >= 0.3 is 11.9 Å². The van der Waals surface area contributed by atoms with E-state index in [0.717, 1.165) is 0 Å². The number of esters is 2. The van der Waals surface area contributed by atoms with Gasteiger partial charge in [0.15, 0.2) is 11.4 Å². The molecule has 0 aliphatic carbocycles. The van der Waals surface area contributed by atoms with E-state index in [4.69, 9.17) is 5.11 Å². The molecule has 0 fully saturated rings. The molecule has 0 saturated carbocycles. The summed E-state index contributed by atoms with van der Waals surface area (Å²) in [7, 11) is 2.40. The molecule has 18 heavy (non-hydrogen) atoms. The SMILES string of the molecule is COC(=O)c1cc(C#CCO)cc(C(=O)OC)n1. The van der Waals surface area contributed by atoms with E-state index in [1.807, 2.05) is 0 Å². The summed E-state index contributed by atoms with van der Waals surface area (Å²) in [4.78, 5) is 26.5. The van der Waals surface area contributed by atoms with Crippen LogP contribution in [0.5, 0.6) is 0 Å². The van der Waals surface area contributed by atoms with Crippen LogP contribution in [0, 0.1) is 11.8 Å². The summed E-state index contributed by atoms with van der Waals surface area (Å²) in [6, 6.07) is 2.72. The molecule has 1 aromatic heterocycles. The van der Waals surface area contributed by atoms with E-state index in [1.165, 1.54) is 26.4 Å². The molecule has 0 aliphatic heterocycles. The Kier molecular flexibility index (Phi) is 4.84. The molecule has 0 bridgehead atoms. The first-order valence-corrected chi connectivity index (χ1v) is 4.90. The van der Waals surface area contributed by atoms with E-state index < -0.39 is 11.9 Å². The minimum atomic E-state index is -0.687. The lowest BCUT2D eigenvalue weighted by atomic mass is 10.2. The monoisotopic (exact) mass is 249 g/mol. The van der Waals surface area contributed by atoms with Crippen molar-refractivity contribution in [1.82, 2.24) is 4.98 Å². The fourth-order valence-corrected chi connectivity index (χ4v) is 1.16. The highest BCUT2D eigenvalue weighted by molar-refractivity contribution is 5.92. The lowest BCUT2D eigenvalue weighted by Crippen LogP contribution is -2.11. The molecule has 0 radical (unpaired) electrons. The van der Waals surface area contributed by atoms with Crippen LogP contribution in [0.4, 0.5) is 0 Å². The quantitative estimate of drug-likeness (QED) is 0.586. The van der Waals surface area contributed by atoms with Gasteiger partial charge in [0.2, 0.25) is 0 Å². The maximum atomic E-state index is 11.4. The Hall–Kier alpha value is -2.39. The number of aliphatic hydroxyl groups is 1. The highest BCUT2D eigenvalue weighted by Crippen LogP contribution is 2.08. The molecule has 0 aromatic carbocycles. The number of carbonyl (C=O) groups excluding carboxylic acids is 2. The highest BCUT2D eigenvalue weighted by atomic mass is 16.5. The summed E-state index contributed by atoms with van der Waals surface area (Å²) in [5.74, 6) is 3.61. The number of aliphatic hydroxyl groups excluding tert-OH is 1. The Morgan fingerprint density at radius 1 is 1.22 bits per heavy atom. The molecule has 1 heterocycles. The summed E-state index contributed by atoms with van der Waals surface area (Å²) in [6.07, 6.45) is 0. The van der Waals surface area contributed by atoms with Crippen LogP contribution in [0.1, 0.15) is 26.5 Å². The standard InChI is InChI=1S/C12H11NO5/c1-17-11(15)9-6-8(4-3-5-14)7-10(13-9)12(16)18-2/h6-7,14H,5H2,1-2H3. The topological polar surface area (TPSA) is 85.7 Å². The predicted octanol–water partition coefficient (Wildman–Crippen LogP) is -0.00140. The van der Waals surface area contributed by atoms with Gasteiger partial charge in [-0.1, -0.05) is 11.8 Å². The maximum Gasteiger partial charge on any atom is 0.356 e. The van der Waals surface area contributed by atoms with Gasteiger partial charge in [0.05, 0.1) is 14.2 Å². The first-order valence-electron chi connectivity index (χ1n) is 4.90. The van der Waals surface area contributed by atoms with Crippen molar-refractivity contribution in [3.05, 3.63) is 29.1 Å². The fourth-order valence-electron chi connectivity index (χ4n) is 1.16. The Morgan fingerprint density at radius 2 is 1.72 bits per heavy atom. The minimum absolute atomic E-state index is 0.0531. The van der Waals surface area contributed by atoms with E-state index >= 15 is 0 Å². The van der Waals surface area contributed by atoms with Gasteiger partial charge in [0, 0.05) is 5.56 Å². The van der Waals surface area contributed by atoms with Crippen LogP contribution in [-0.4, -0.2) is 42.9 Å². The molecule has 0 saturated heterocycles. The van der Waals surface area contributed by atoms with Gasteiger partial charge < -0.3 is 14.6 Å². The van der Waals surface area contributed by atoms with Crippen molar-refractivity contribution in [1.29, 1.82) is 0 Å². The number of carbonyl (C=O) groups is 2. The Labute approximate surface area is 104 Å². The van der Waals surface area contributed by atoms with Crippen molar-refractivity contribution in [3.8, 4) is 11.8 Å². The molecule has 1 N–H and O–H groups in total. The summed E-state index contributed by atoms with van der Waals surface area (Å²) in [5.41, 5.74) is 0.255. The number of aromatic nitrogens is 1. The third-order valence-electron chi connectivity index (χ3n) is 1.93. The third kappa shape index (κ3) is 3.30. The number of nitrogens with zero attached hydrogens (tertiary/aromatic N) is 1. The van der Waals surface area contributed by atoms with Gasteiger partial charge in [0.1, 0.15) is 6.61 Å². The molecule has 6 heteroatoms. The zero-order valence-corrected chi connectivity index (χ0v) is 9.89. The molecule has 0 unspecified atom stereocenters. The van der Waals surface area contributed by atoms with E-state index in [2.05, 4.69) is 26.3 Å². The number of hydrogen-bond acceptors (Lipinski definition) is 6. The Morgan fingerprint density at radius 3 is 2.11 bits per heavy atom. The van der Waals surface area contributed by atoms with Crippen molar-refractivity contribution < 1.29 is 24.2 Å². The van der Waals surface area contributed by atoms with Crippen LogP contribution >= 0.6 is 0 Å². The van der Waals surface area contributed by atoms with Gasteiger partial charge in [-0.3, -0.25) is 0 Å². The van der Waals surface area contributed by atoms with Gasteiger partial charge in [0.25, 0.3) is 0 Å². The van der Waals surface area contributed by atoms with Gasteiger partial charge in [-0.05, 0) is 12.1 Å². The van der Waals surface area contributed by atoms with Crippen LogP contribution < -0.4 is 0 Å². The summed E-state index contributed by atoms with van der Waals surface area (Å²) >= 11 is 0.